The van der Waals surface area contributed by atoms with Crippen LogP contribution in [0.5, 0.6) is 5.75 Å². The van der Waals surface area contributed by atoms with Crippen LogP contribution in [0.2, 0.25) is 5.02 Å². The lowest BCUT2D eigenvalue weighted by atomic mass is 10.3. The summed E-state index contributed by atoms with van der Waals surface area (Å²) in [6.45, 7) is -2.08. The molecule has 0 fully saturated rings. The number of hydrogen-bond donors (Lipinski definition) is 2. The summed E-state index contributed by atoms with van der Waals surface area (Å²) >= 11 is 8.84. The molecule has 0 aromatic heterocycles. The van der Waals surface area contributed by atoms with Crippen LogP contribution in [0.1, 0.15) is 0 Å². The summed E-state index contributed by atoms with van der Waals surface area (Å²) in [5.74, 6) is -3.37. The summed E-state index contributed by atoms with van der Waals surface area (Å²) in [4.78, 5) is -0.341. The molecule has 20 heavy (non-hydrogen) atoms. The molecule has 0 amide bonds. The van der Waals surface area contributed by atoms with E-state index >= 15 is 0 Å². The topological polar surface area (TPSA) is 81.4 Å². The van der Waals surface area contributed by atoms with E-state index in [2.05, 4.69) is 15.9 Å². The molecule has 3 N–H and O–H groups in total. The van der Waals surface area contributed by atoms with Crippen molar-refractivity contribution in [1.82, 2.24) is 4.72 Å². The van der Waals surface area contributed by atoms with Crippen LogP contribution < -0.4 is 15.2 Å². The summed E-state index contributed by atoms with van der Waals surface area (Å²) in [7, 11) is -2.96. The van der Waals surface area contributed by atoms with Gasteiger partial charge in [-0.2, -0.15) is 0 Å². The van der Waals surface area contributed by atoms with E-state index in [1.165, 1.54) is 13.2 Å². The average molecular weight is 394 g/mol. The lowest BCUT2D eigenvalue weighted by Crippen LogP contribution is -2.41. The van der Waals surface area contributed by atoms with Gasteiger partial charge in [-0.25, -0.2) is 21.9 Å². The van der Waals surface area contributed by atoms with Crippen molar-refractivity contribution in [2.24, 2.45) is 5.73 Å². The fraction of sp³-hybridized carbons (Fsp3) is 0.400. The molecule has 0 aliphatic heterocycles. The third kappa shape index (κ3) is 4.26. The summed E-state index contributed by atoms with van der Waals surface area (Å²) in [6.07, 6.45) is 0. The molecular weight excluding hydrogens is 382 g/mol. The van der Waals surface area contributed by atoms with Gasteiger partial charge in [0.1, 0.15) is 4.90 Å². The molecule has 1 rings (SSSR count). The van der Waals surface area contributed by atoms with E-state index < -0.39 is 29.0 Å². The highest BCUT2D eigenvalue weighted by Gasteiger charge is 2.31. The van der Waals surface area contributed by atoms with Crippen LogP contribution in [-0.2, 0) is 10.0 Å². The summed E-state index contributed by atoms with van der Waals surface area (Å²) in [5.41, 5.74) is 4.84. The van der Waals surface area contributed by atoms with E-state index in [1.54, 1.807) is 4.72 Å². The molecule has 0 heterocycles. The standard InChI is InChI=1S/C10H12BrClF2N2O3S/c1-19-9-7(11)2-6(12)3-8(9)20(17,18)16-5-10(13,14)4-15/h2-3,16H,4-5,15H2,1H3. The van der Waals surface area contributed by atoms with Crippen LogP contribution in [0.4, 0.5) is 8.78 Å². The van der Waals surface area contributed by atoms with E-state index in [-0.39, 0.29) is 15.7 Å². The van der Waals surface area contributed by atoms with Gasteiger partial charge in [0.05, 0.1) is 24.7 Å². The maximum Gasteiger partial charge on any atom is 0.273 e. The second kappa shape index (κ2) is 6.52. The van der Waals surface area contributed by atoms with Crippen LogP contribution in [0.3, 0.4) is 0 Å². The Balaban J connectivity index is 3.16. The van der Waals surface area contributed by atoms with Crippen LogP contribution in [0, 0.1) is 0 Å². The zero-order valence-corrected chi connectivity index (χ0v) is 13.4. The van der Waals surface area contributed by atoms with Crippen LogP contribution in [0.15, 0.2) is 21.5 Å². The molecule has 1 aromatic carbocycles. The van der Waals surface area contributed by atoms with Gasteiger partial charge in [-0.3, -0.25) is 0 Å². The number of alkyl halides is 2. The number of benzene rings is 1. The van der Waals surface area contributed by atoms with Crippen molar-refractivity contribution in [2.75, 3.05) is 20.2 Å². The second-order valence-corrected chi connectivity index (χ2v) is 6.83. The van der Waals surface area contributed by atoms with Gasteiger partial charge in [-0.1, -0.05) is 11.6 Å². The quantitative estimate of drug-likeness (QED) is 0.774. The normalized spacial score (nSPS) is 12.5. The summed E-state index contributed by atoms with van der Waals surface area (Å²) < 4.78 is 57.1. The number of nitrogens with two attached hydrogens (primary N) is 1. The molecule has 0 saturated carbocycles. The van der Waals surface area contributed by atoms with Gasteiger partial charge in [0.2, 0.25) is 10.0 Å². The van der Waals surface area contributed by atoms with Crippen molar-refractivity contribution in [3.8, 4) is 5.75 Å². The fourth-order valence-corrected chi connectivity index (χ4v) is 3.73. The Labute approximate surface area is 128 Å². The minimum absolute atomic E-state index is 0.0297. The molecule has 0 spiro atoms. The van der Waals surface area contributed by atoms with Crippen molar-refractivity contribution >= 4 is 37.6 Å². The summed E-state index contributed by atoms with van der Waals surface area (Å²) in [5, 5.41) is 0.114. The number of hydrogen-bond acceptors (Lipinski definition) is 4. The van der Waals surface area contributed by atoms with Gasteiger partial charge in [0, 0.05) is 5.02 Å². The summed E-state index contributed by atoms with van der Waals surface area (Å²) in [6, 6.07) is 2.53. The SMILES string of the molecule is COc1c(Br)cc(Cl)cc1S(=O)(=O)NCC(F)(F)CN. The van der Waals surface area contributed by atoms with Crippen molar-refractivity contribution in [1.29, 1.82) is 0 Å². The predicted octanol–water partition coefficient (Wildman–Crippen LogP) is 1.98. The smallest absolute Gasteiger partial charge is 0.273 e. The Hall–Kier alpha value is -0.480. The minimum Gasteiger partial charge on any atom is -0.494 e. The first-order valence-corrected chi connectivity index (χ1v) is 7.89. The Morgan fingerprint density at radius 2 is 2.10 bits per heavy atom. The molecule has 0 atom stereocenters. The molecular formula is C10H12BrClF2N2O3S. The first kappa shape index (κ1) is 17.6. The van der Waals surface area contributed by atoms with Crippen molar-refractivity contribution in [3.63, 3.8) is 0 Å². The van der Waals surface area contributed by atoms with E-state index in [0.29, 0.717) is 4.47 Å². The minimum atomic E-state index is -4.22. The maximum atomic E-state index is 13.0. The Kier molecular flexibility index (Phi) is 5.73. The number of nitrogens with one attached hydrogen (secondary N) is 1. The molecule has 0 saturated heterocycles. The van der Waals surface area contributed by atoms with E-state index in [1.807, 2.05) is 0 Å². The highest BCUT2D eigenvalue weighted by atomic mass is 79.9. The highest BCUT2D eigenvalue weighted by molar-refractivity contribution is 9.10. The van der Waals surface area contributed by atoms with E-state index in [4.69, 9.17) is 22.1 Å². The van der Waals surface area contributed by atoms with Crippen molar-refractivity contribution < 1.29 is 21.9 Å². The number of rotatable bonds is 6. The highest BCUT2D eigenvalue weighted by Crippen LogP contribution is 2.35. The molecule has 0 aliphatic carbocycles. The first-order chi connectivity index (χ1) is 9.13. The lowest BCUT2D eigenvalue weighted by Gasteiger charge is -2.16. The second-order valence-electron chi connectivity index (χ2n) is 3.80. The van der Waals surface area contributed by atoms with Crippen LogP contribution in [0.25, 0.3) is 0 Å². The van der Waals surface area contributed by atoms with Gasteiger partial charge in [0.15, 0.2) is 5.75 Å². The third-order valence-corrected chi connectivity index (χ3v) is 4.50. The zero-order chi connectivity index (χ0) is 15.6. The van der Waals surface area contributed by atoms with Gasteiger partial charge >= 0.3 is 0 Å². The molecule has 0 radical (unpaired) electrons. The Morgan fingerprint density at radius 3 is 2.60 bits per heavy atom. The van der Waals surface area contributed by atoms with Crippen molar-refractivity contribution in [3.05, 3.63) is 21.6 Å². The third-order valence-electron chi connectivity index (χ3n) is 2.29. The molecule has 0 aliphatic rings. The van der Waals surface area contributed by atoms with Gasteiger partial charge < -0.3 is 10.5 Å². The number of sulfonamides is 1. The molecule has 5 nitrogen and oxygen atoms in total. The van der Waals surface area contributed by atoms with Gasteiger partial charge in [-0.15, -0.1) is 0 Å². The number of methoxy groups -OCH3 is 1. The van der Waals surface area contributed by atoms with Crippen LogP contribution >= 0.6 is 27.5 Å². The monoisotopic (exact) mass is 392 g/mol. The first-order valence-electron chi connectivity index (χ1n) is 5.23. The Bertz CT molecular complexity index is 598. The lowest BCUT2D eigenvalue weighted by molar-refractivity contribution is 0.0170. The zero-order valence-electron chi connectivity index (χ0n) is 10.3. The molecule has 10 heteroatoms. The fourth-order valence-electron chi connectivity index (χ4n) is 1.28. The largest absolute Gasteiger partial charge is 0.494 e. The molecule has 0 bridgehead atoms. The van der Waals surface area contributed by atoms with E-state index in [9.17, 15) is 17.2 Å². The number of ether oxygens (including phenoxy) is 1. The molecule has 114 valence electrons. The van der Waals surface area contributed by atoms with Gasteiger partial charge in [-0.05, 0) is 28.1 Å². The molecule has 0 unspecified atom stereocenters. The molecule has 1 aromatic rings. The van der Waals surface area contributed by atoms with Crippen molar-refractivity contribution in [2.45, 2.75) is 10.8 Å². The van der Waals surface area contributed by atoms with Crippen LogP contribution in [-0.4, -0.2) is 34.5 Å². The predicted molar refractivity (Wildman–Crippen MR) is 74.9 cm³/mol. The number of halogens is 4. The Morgan fingerprint density at radius 1 is 1.50 bits per heavy atom. The average Bonchev–Trinajstić information content (AvgIpc) is 2.36. The van der Waals surface area contributed by atoms with Gasteiger partial charge in [0.25, 0.3) is 5.92 Å². The maximum absolute atomic E-state index is 13.0. The van der Waals surface area contributed by atoms with E-state index in [0.717, 1.165) is 6.07 Å².